The summed E-state index contributed by atoms with van der Waals surface area (Å²) >= 11 is 0. The van der Waals surface area contributed by atoms with Crippen LogP contribution in [0, 0.1) is 0 Å². The summed E-state index contributed by atoms with van der Waals surface area (Å²) in [5.74, 6) is 0. The minimum absolute atomic E-state index is 0.777. The number of rotatable bonds is 2. The van der Waals surface area contributed by atoms with Crippen LogP contribution in [0.25, 0.3) is 49.4 Å². The Bertz CT molecular complexity index is 1500. The molecule has 2 N–H and O–H groups in total. The van der Waals surface area contributed by atoms with E-state index in [1.165, 1.54) is 38.3 Å². The highest BCUT2D eigenvalue weighted by Crippen LogP contribution is 2.37. The number of hydrogen-bond acceptors (Lipinski definition) is 1. The first-order chi connectivity index (χ1) is 14.8. The number of fused-ring (bicyclic) bond motifs is 4. The normalized spacial score (nSPS) is 11.5. The molecule has 0 unspecified atom stereocenters. The molecule has 2 nitrogen and oxygen atoms in total. The maximum atomic E-state index is 6.08. The third-order valence-corrected chi connectivity index (χ3v) is 5.88. The van der Waals surface area contributed by atoms with E-state index in [1.807, 2.05) is 18.2 Å². The lowest BCUT2D eigenvalue weighted by molar-refractivity contribution is 1.20. The fourth-order valence-corrected chi connectivity index (χ4v) is 4.54. The largest absolute Gasteiger partial charge is 0.399 e. The van der Waals surface area contributed by atoms with E-state index in [0.29, 0.717) is 0 Å². The number of nitrogens with two attached hydrogens (primary N) is 1. The van der Waals surface area contributed by atoms with Crippen LogP contribution in [-0.4, -0.2) is 4.57 Å². The summed E-state index contributed by atoms with van der Waals surface area (Å²) in [6, 6.07) is 38.5. The monoisotopic (exact) mass is 384 g/mol. The number of benzene rings is 5. The van der Waals surface area contributed by atoms with Crippen LogP contribution in [0.2, 0.25) is 0 Å². The van der Waals surface area contributed by atoms with Crippen LogP contribution in [0.4, 0.5) is 5.69 Å². The quantitative estimate of drug-likeness (QED) is 0.315. The summed E-state index contributed by atoms with van der Waals surface area (Å²) in [6.07, 6.45) is 0. The Kier molecular flexibility index (Phi) is 3.65. The van der Waals surface area contributed by atoms with Crippen molar-refractivity contribution in [3.05, 3.63) is 109 Å². The molecule has 0 aliphatic rings. The molecule has 142 valence electrons. The summed E-state index contributed by atoms with van der Waals surface area (Å²) in [7, 11) is 0. The topological polar surface area (TPSA) is 30.9 Å². The van der Waals surface area contributed by atoms with Gasteiger partial charge in [0, 0.05) is 21.8 Å². The lowest BCUT2D eigenvalue weighted by Gasteiger charge is -2.14. The maximum absolute atomic E-state index is 6.08. The Morgan fingerprint density at radius 2 is 1.13 bits per heavy atom. The summed E-state index contributed by atoms with van der Waals surface area (Å²) in [5.41, 5.74) is 12.8. The molecule has 0 radical (unpaired) electrons. The highest BCUT2D eigenvalue weighted by atomic mass is 15.0. The van der Waals surface area contributed by atoms with Crippen LogP contribution in [0.3, 0.4) is 0 Å². The van der Waals surface area contributed by atoms with Gasteiger partial charge in [0.15, 0.2) is 0 Å². The fraction of sp³-hybridized carbons (Fsp3) is 0. The first-order valence-corrected chi connectivity index (χ1v) is 10.2. The van der Waals surface area contributed by atoms with Gasteiger partial charge in [0.1, 0.15) is 0 Å². The molecule has 1 aromatic heterocycles. The fourth-order valence-electron chi connectivity index (χ4n) is 4.54. The number of nitrogen functional groups attached to an aromatic ring is 1. The molecule has 0 fully saturated rings. The molecule has 30 heavy (non-hydrogen) atoms. The van der Waals surface area contributed by atoms with Crippen molar-refractivity contribution in [2.24, 2.45) is 0 Å². The van der Waals surface area contributed by atoms with Gasteiger partial charge in [-0.25, -0.2) is 0 Å². The number of aromatic nitrogens is 1. The van der Waals surface area contributed by atoms with Crippen LogP contribution in [0.15, 0.2) is 109 Å². The van der Waals surface area contributed by atoms with Gasteiger partial charge in [-0.15, -0.1) is 0 Å². The van der Waals surface area contributed by atoms with Gasteiger partial charge in [0.25, 0.3) is 0 Å². The molecule has 0 spiro atoms. The first kappa shape index (κ1) is 16.9. The summed E-state index contributed by atoms with van der Waals surface area (Å²) < 4.78 is 2.39. The lowest BCUT2D eigenvalue weighted by atomic mass is 9.99. The number of hydrogen-bond donors (Lipinski definition) is 1. The summed E-state index contributed by atoms with van der Waals surface area (Å²) in [4.78, 5) is 0. The molecular formula is C28H20N2. The van der Waals surface area contributed by atoms with Gasteiger partial charge in [-0.3, -0.25) is 0 Å². The second-order valence-corrected chi connectivity index (χ2v) is 7.71. The Morgan fingerprint density at radius 1 is 0.500 bits per heavy atom. The van der Waals surface area contributed by atoms with E-state index in [-0.39, 0.29) is 0 Å². The Balaban J connectivity index is 1.77. The molecule has 0 saturated carbocycles. The van der Waals surface area contributed by atoms with E-state index < -0.39 is 0 Å². The summed E-state index contributed by atoms with van der Waals surface area (Å²) in [6.45, 7) is 0. The average molecular weight is 384 g/mol. The highest BCUT2D eigenvalue weighted by molar-refractivity contribution is 6.10. The van der Waals surface area contributed by atoms with Crippen molar-refractivity contribution in [2.45, 2.75) is 0 Å². The molecular weight excluding hydrogens is 364 g/mol. The third-order valence-electron chi connectivity index (χ3n) is 5.88. The standard InChI is InChI=1S/C28H20N2/c29-22-10-7-9-19(17-22)21-16-20-8-1-2-11-23(20)28(18-21)30-26-14-5-3-12-24(26)25-13-4-6-15-27(25)30/h1-18H,29H2. The van der Waals surface area contributed by atoms with E-state index >= 15 is 0 Å². The van der Waals surface area contributed by atoms with Crippen LogP contribution in [0.1, 0.15) is 0 Å². The number of nitrogens with zero attached hydrogens (tertiary/aromatic N) is 1. The van der Waals surface area contributed by atoms with Crippen molar-refractivity contribution in [1.82, 2.24) is 4.57 Å². The molecule has 0 aliphatic carbocycles. The zero-order valence-electron chi connectivity index (χ0n) is 16.4. The van der Waals surface area contributed by atoms with Gasteiger partial charge in [-0.2, -0.15) is 0 Å². The van der Waals surface area contributed by atoms with Crippen molar-refractivity contribution in [3.63, 3.8) is 0 Å². The third kappa shape index (κ3) is 2.51. The molecule has 0 aliphatic heterocycles. The Morgan fingerprint density at radius 3 is 1.83 bits per heavy atom. The number of anilines is 1. The van der Waals surface area contributed by atoms with Gasteiger partial charge in [0.2, 0.25) is 0 Å². The van der Waals surface area contributed by atoms with Crippen molar-refractivity contribution in [1.29, 1.82) is 0 Å². The van der Waals surface area contributed by atoms with Crippen LogP contribution >= 0.6 is 0 Å². The molecule has 0 atom stereocenters. The molecule has 5 aromatic carbocycles. The minimum atomic E-state index is 0.777. The van der Waals surface area contributed by atoms with Gasteiger partial charge < -0.3 is 10.3 Å². The van der Waals surface area contributed by atoms with Crippen molar-refractivity contribution in [2.75, 3.05) is 5.73 Å². The van der Waals surface area contributed by atoms with Crippen LogP contribution in [0.5, 0.6) is 0 Å². The van der Waals surface area contributed by atoms with Gasteiger partial charge in [-0.05, 0) is 52.9 Å². The maximum Gasteiger partial charge on any atom is 0.0546 e. The minimum Gasteiger partial charge on any atom is -0.399 e. The van der Waals surface area contributed by atoms with E-state index in [9.17, 15) is 0 Å². The van der Waals surface area contributed by atoms with E-state index in [0.717, 1.165) is 16.8 Å². The Labute approximate surface area is 174 Å². The molecule has 2 heteroatoms. The van der Waals surface area contributed by atoms with E-state index in [4.69, 9.17) is 5.73 Å². The zero-order chi connectivity index (χ0) is 20.1. The molecule has 0 amide bonds. The van der Waals surface area contributed by atoms with Gasteiger partial charge >= 0.3 is 0 Å². The van der Waals surface area contributed by atoms with Crippen molar-refractivity contribution in [3.8, 4) is 16.8 Å². The predicted octanol–water partition coefficient (Wildman–Crippen LogP) is 7.19. The Hall–Kier alpha value is -4.04. The second kappa shape index (κ2) is 6.50. The molecule has 0 bridgehead atoms. The average Bonchev–Trinajstić information content (AvgIpc) is 3.13. The van der Waals surface area contributed by atoms with Gasteiger partial charge in [-0.1, -0.05) is 72.8 Å². The van der Waals surface area contributed by atoms with Crippen LogP contribution in [-0.2, 0) is 0 Å². The molecule has 1 heterocycles. The molecule has 0 saturated heterocycles. The van der Waals surface area contributed by atoms with E-state index in [2.05, 4.69) is 95.6 Å². The second-order valence-electron chi connectivity index (χ2n) is 7.71. The molecule has 6 aromatic rings. The predicted molar refractivity (Wildman–Crippen MR) is 128 cm³/mol. The zero-order valence-corrected chi connectivity index (χ0v) is 16.4. The van der Waals surface area contributed by atoms with Gasteiger partial charge in [0.05, 0.1) is 16.7 Å². The number of para-hydroxylation sites is 2. The smallest absolute Gasteiger partial charge is 0.0546 e. The van der Waals surface area contributed by atoms with Crippen molar-refractivity contribution >= 4 is 38.3 Å². The molecule has 6 rings (SSSR count). The summed E-state index contributed by atoms with van der Waals surface area (Å²) in [5, 5.41) is 4.99. The highest BCUT2D eigenvalue weighted by Gasteiger charge is 2.15. The van der Waals surface area contributed by atoms with Crippen molar-refractivity contribution < 1.29 is 0 Å². The SMILES string of the molecule is Nc1cccc(-c2cc(-n3c4ccccc4c4ccccc43)c3ccccc3c2)c1. The van der Waals surface area contributed by atoms with Crippen LogP contribution < -0.4 is 5.73 Å². The first-order valence-electron chi connectivity index (χ1n) is 10.2. The van der Waals surface area contributed by atoms with E-state index in [1.54, 1.807) is 0 Å². The lowest BCUT2D eigenvalue weighted by Crippen LogP contribution is -1.96.